The molecule has 1 aliphatic rings. The van der Waals surface area contributed by atoms with Crippen LogP contribution < -0.4 is 11.3 Å². The van der Waals surface area contributed by atoms with E-state index in [1.165, 1.54) is 0 Å². The summed E-state index contributed by atoms with van der Waals surface area (Å²) >= 11 is 0. The lowest BCUT2D eigenvalue weighted by molar-refractivity contribution is 0.183. The highest BCUT2D eigenvalue weighted by atomic mass is 16.5. The van der Waals surface area contributed by atoms with Crippen molar-refractivity contribution in [2.75, 3.05) is 5.73 Å². The Morgan fingerprint density at radius 2 is 2.33 bits per heavy atom. The SMILES string of the molecule is Nc1nc2c(CC3C=CC=CO3)c[nH]c2c(=O)[nH]1. The Morgan fingerprint density at radius 3 is 3.11 bits per heavy atom. The van der Waals surface area contributed by atoms with Crippen LogP contribution in [0.3, 0.4) is 0 Å². The van der Waals surface area contributed by atoms with Gasteiger partial charge in [0, 0.05) is 18.2 Å². The zero-order chi connectivity index (χ0) is 12.5. The highest BCUT2D eigenvalue weighted by molar-refractivity contribution is 5.78. The molecule has 0 saturated heterocycles. The van der Waals surface area contributed by atoms with Gasteiger partial charge < -0.3 is 15.5 Å². The van der Waals surface area contributed by atoms with Gasteiger partial charge >= 0.3 is 0 Å². The van der Waals surface area contributed by atoms with E-state index in [1.807, 2.05) is 18.2 Å². The smallest absolute Gasteiger partial charge is 0.276 e. The van der Waals surface area contributed by atoms with Gasteiger partial charge in [-0.3, -0.25) is 9.78 Å². The molecule has 0 fully saturated rings. The Kier molecular flexibility index (Phi) is 2.40. The van der Waals surface area contributed by atoms with Crippen molar-refractivity contribution in [1.29, 1.82) is 0 Å². The molecule has 0 radical (unpaired) electrons. The number of nitrogens with two attached hydrogens (primary N) is 1. The number of nitrogens with zero attached hydrogens (tertiary/aromatic N) is 1. The van der Waals surface area contributed by atoms with Crippen LogP contribution in [0.5, 0.6) is 0 Å². The molecule has 1 atom stereocenters. The molecule has 18 heavy (non-hydrogen) atoms. The molecule has 6 nitrogen and oxygen atoms in total. The normalized spacial score (nSPS) is 18.1. The quantitative estimate of drug-likeness (QED) is 0.729. The molecule has 2 aromatic heterocycles. The Labute approximate surface area is 102 Å². The largest absolute Gasteiger partial charge is 0.494 e. The van der Waals surface area contributed by atoms with Gasteiger partial charge in [0.25, 0.3) is 5.56 Å². The number of ether oxygens (including phenoxy) is 1. The molecule has 92 valence electrons. The molecule has 1 aliphatic heterocycles. The van der Waals surface area contributed by atoms with E-state index >= 15 is 0 Å². The van der Waals surface area contributed by atoms with Crippen LogP contribution in [0.15, 0.2) is 35.5 Å². The molecular weight excluding hydrogens is 232 g/mol. The molecule has 0 bridgehead atoms. The molecule has 0 spiro atoms. The van der Waals surface area contributed by atoms with E-state index in [9.17, 15) is 4.79 Å². The molecule has 0 saturated carbocycles. The van der Waals surface area contributed by atoms with Crippen molar-refractivity contribution in [3.63, 3.8) is 0 Å². The van der Waals surface area contributed by atoms with Crippen LogP contribution >= 0.6 is 0 Å². The maximum Gasteiger partial charge on any atom is 0.276 e. The summed E-state index contributed by atoms with van der Waals surface area (Å²) in [7, 11) is 0. The predicted octanol–water partition coefficient (Wildman–Crippen LogP) is 0.845. The Morgan fingerprint density at radius 1 is 1.44 bits per heavy atom. The summed E-state index contributed by atoms with van der Waals surface area (Å²) in [5.41, 5.74) is 7.24. The number of allylic oxidation sites excluding steroid dienone is 2. The van der Waals surface area contributed by atoms with Gasteiger partial charge in [0.15, 0.2) is 0 Å². The Balaban J connectivity index is 2.00. The third-order valence-corrected chi connectivity index (χ3v) is 2.82. The molecular formula is C12H12N4O2. The maximum absolute atomic E-state index is 11.6. The number of anilines is 1. The first kappa shape index (κ1) is 10.6. The van der Waals surface area contributed by atoms with Gasteiger partial charge in [-0.2, -0.15) is 0 Å². The third-order valence-electron chi connectivity index (χ3n) is 2.82. The summed E-state index contributed by atoms with van der Waals surface area (Å²) in [6.45, 7) is 0. The van der Waals surface area contributed by atoms with Crippen molar-refractivity contribution >= 4 is 17.0 Å². The van der Waals surface area contributed by atoms with E-state index < -0.39 is 0 Å². The Hall–Kier alpha value is -2.50. The van der Waals surface area contributed by atoms with Crippen molar-refractivity contribution in [1.82, 2.24) is 15.0 Å². The first-order valence-corrected chi connectivity index (χ1v) is 5.58. The number of nitrogen functional groups attached to an aromatic ring is 1. The minimum absolute atomic E-state index is 0.0451. The van der Waals surface area contributed by atoms with Crippen molar-refractivity contribution in [2.24, 2.45) is 0 Å². The standard InChI is InChI=1S/C12H12N4O2/c13-12-15-9-7(5-8-3-1-2-4-18-8)6-14-10(9)11(17)16-12/h1-4,6,8,14H,5H2,(H3,13,15,16,17). The van der Waals surface area contributed by atoms with Crippen molar-refractivity contribution < 1.29 is 4.74 Å². The van der Waals surface area contributed by atoms with E-state index in [-0.39, 0.29) is 17.6 Å². The maximum atomic E-state index is 11.6. The van der Waals surface area contributed by atoms with Crippen LogP contribution in [0.25, 0.3) is 11.0 Å². The second-order valence-corrected chi connectivity index (χ2v) is 4.08. The molecule has 3 rings (SSSR count). The third kappa shape index (κ3) is 1.77. The van der Waals surface area contributed by atoms with Gasteiger partial charge in [-0.15, -0.1) is 0 Å². The molecule has 3 heterocycles. The number of H-pyrrole nitrogens is 2. The second kappa shape index (κ2) is 4.06. The first-order chi connectivity index (χ1) is 8.74. The lowest BCUT2D eigenvalue weighted by atomic mass is 10.1. The topological polar surface area (TPSA) is 96.8 Å². The fourth-order valence-electron chi connectivity index (χ4n) is 2.00. The summed E-state index contributed by atoms with van der Waals surface area (Å²) in [4.78, 5) is 21.2. The summed E-state index contributed by atoms with van der Waals surface area (Å²) < 4.78 is 5.43. The molecule has 1 unspecified atom stereocenters. The van der Waals surface area contributed by atoms with Crippen LogP contribution in [-0.2, 0) is 11.2 Å². The van der Waals surface area contributed by atoms with Gasteiger partial charge in [0.05, 0.1) is 6.26 Å². The molecule has 0 aliphatic carbocycles. The number of rotatable bonds is 2. The van der Waals surface area contributed by atoms with Gasteiger partial charge in [-0.05, 0) is 12.2 Å². The molecule has 2 aromatic rings. The molecule has 6 heteroatoms. The van der Waals surface area contributed by atoms with Gasteiger partial charge in [0.1, 0.15) is 17.1 Å². The van der Waals surface area contributed by atoms with Crippen molar-refractivity contribution in [3.8, 4) is 0 Å². The number of fused-ring (bicyclic) bond motifs is 1. The summed E-state index contributed by atoms with van der Waals surface area (Å²) in [5.74, 6) is 0.119. The lowest BCUT2D eigenvalue weighted by Gasteiger charge is -2.13. The highest BCUT2D eigenvalue weighted by Gasteiger charge is 2.14. The minimum Gasteiger partial charge on any atom is -0.494 e. The lowest BCUT2D eigenvalue weighted by Crippen LogP contribution is -2.13. The van der Waals surface area contributed by atoms with Gasteiger partial charge in [0.2, 0.25) is 5.95 Å². The van der Waals surface area contributed by atoms with Crippen molar-refractivity contribution in [3.05, 3.63) is 46.6 Å². The fraction of sp³-hybridized carbons (Fsp3) is 0.167. The molecule has 4 N–H and O–H groups in total. The number of aromatic nitrogens is 3. The van der Waals surface area contributed by atoms with Crippen LogP contribution in [0.4, 0.5) is 5.95 Å². The van der Waals surface area contributed by atoms with E-state index in [2.05, 4.69) is 15.0 Å². The van der Waals surface area contributed by atoms with E-state index in [0.29, 0.717) is 17.5 Å². The minimum atomic E-state index is -0.260. The predicted molar refractivity (Wildman–Crippen MR) is 68.0 cm³/mol. The van der Waals surface area contributed by atoms with E-state index in [4.69, 9.17) is 10.5 Å². The summed E-state index contributed by atoms with van der Waals surface area (Å²) in [6, 6.07) is 0. The average molecular weight is 244 g/mol. The van der Waals surface area contributed by atoms with Crippen LogP contribution in [-0.4, -0.2) is 21.1 Å². The van der Waals surface area contributed by atoms with Crippen molar-refractivity contribution in [2.45, 2.75) is 12.5 Å². The number of hydrogen-bond donors (Lipinski definition) is 3. The summed E-state index contributed by atoms with van der Waals surface area (Å²) in [6.07, 6.45) is 9.71. The average Bonchev–Trinajstić information content (AvgIpc) is 2.74. The fourth-order valence-corrected chi connectivity index (χ4v) is 2.00. The number of hydrogen-bond acceptors (Lipinski definition) is 4. The van der Waals surface area contributed by atoms with Gasteiger partial charge in [-0.25, -0.2) is 4.98 Å². The second-order valence-electron chi connectivity index (χ2n) is 4.08. The van der Waals surface area contributed by atoms with E-state index in [1.54, 1.807) is 12.5 Å². The van der Waals surface area contributed by atoms with Crippen LogP contribution in [0.1, 0.15) is 5.56 Å². The van der Waals surface area contributed by atoms with Crippen LogP contribution in [0, 0.1) is 0 Å². The highest BCUT2D eigenvalue weighted by Crippen LogP contribution is 2.17. The first-order valence-electron chi connectivity index (χ1n) is 5.58. The van der Waals surface area contributed by atoms with Gasteiger partial charge in [-0.1, -0.05) is 6.08 Å². The summed E-state index contributed by atoms with van der Waals surface area (Å²) in [5, 5.41) is 0. The van der Waals surface area contributed by atoms with Crippen LogP contribution in [0.2, 0.25) is 0 Å². The molecule has 0 amide bonds. The number of aromatic amines is 2. The monoisotopic (exact) mass is 244 g/mol. The number of nitrogens with one attached hydrogen (secondary N) is 2. The zero-order valence-electron chi connectivity index (χ0n) is 9.51. The van der Waals surface area contributed by atoms with E-state index in [0.717, 1.165) is 5.56 Å². The Bertz CT molecular complexity index is 696. The molecule has 0 aromatic carbocycles. The zero-order valence-corrected chi connectivity index (χ0v) is 9.51.